The maximum Gasteiger partial charge on any atom is 0.180 e. The van der Waals surface area contributed by atoms with Crippen LogP contribution in [0.4, 0.5) is 11.5 Å². The van der Waals surface area contributed by atoms with Gasteiger partial charge in [-0.15, -0.1) is 0 Å². The number of hydrogen-bond donors (Lipinski definition) is 1. The molecule has 3 aromatic heterocycles. The molecule has 0 saturated heterocycles. The van der Waals surface area contributed by atoms with Crippen molar-refractivity contribution in [1.29, 1.82) is 0 Å². The molecule has 0 spiro atoms. The molecular weight excluding hydrogens is 330 g/mol. The number of anilines is 2. The topological polar surface area (TPSA) is 55.1 Å². The van der Waals surface area contributed by atoms with Gasteiger partial charge in [0.1, 0.15) is 4.60 Å². The maximum atomic E-state index is 4.48. The molecule has 0 saturated carbocycles. The van der Waals surface area contributed by atoms with Crippen LogP contribution in [0, 0.1) is 0 Å². The molecule has 0 aliphatic carbocycles. The van der Waals surface area contributed by atoms with E-state index in [2.05, 4.69) is 36.2 Å². The highest BCUT2D eigenvalue weighted by Crippen LogP contribution is 2.26. The highest BCUT2D eigenvalue weighted by Gasteiger charge is 2.08. The van der Waals surface area contributed by atoms with Crippen LogP contribution in [0.25, 0.3) is 16.6 Å². The largest absolute Gasteiger partial charge is 0.337 e. The third kappa shape index (κ3) is 2.13. The monoisotopic (exact) mass is 339 g/mol. The van der Waals surface area contributed by atoms with Crippen LogP contribution in [-0.4, -0.2) is 19.4 Å². The van der Waals surface area contributed by atoms with Gasteiger partial charge in [-0.1, -0.05) is 6.07 Å². The smallest absolute Gasteiger partial charge is 0.180 e. The summed E-state index contributed by atoms with van der Waals surface area (Å²) in [4.78, 5) is 13.2. The molecular formula is C15H10BrN5. The van der Waals surface area contributed by atoms with Crippen molar-refractivity contribution >= 4 is 44.0 Å². The fraction of sp³-hybridized carbons (Fsp3) is 0. The first-order valence-corrected chi connectivity index (χ1v) is 7.20. The van der Waals surface area contributed by atoms with Crippen molar-refractivity contribution in [1.82, 2.24) is 19.4 Å². The van der Waals surface area contributed by atoms with Crippen LogP contribution in [0.5, 0.6) is 0 Å². The molecule has 4 rings (SSSR count). The van der Waals surface area contributed by atoms with E-state index in [-0.39, 0.29) is 0 Å². The highest BCUT2D eigenvalue weighted by atomic mass is 79.9. The summed E-state index contributed by atoms with van der Waals surface area (Å²) in [6.45, 7) is 0. The van der Waals surface area contributed by atoms with Gasteiger partial charge in [-0.05, 0) is 40.2 Å². The predicted octanol–water partition coefficient (Wildman–Crippen LogP) is 3.78. The highest BCUT2D eigenvalue weighted by molar-refractivity contribution is 9.10. The molecule has 0 amide bonds. The zero-order valence-corrected chi connectivity index (χ0v) is 12.4. The number of benzene rings is 1. The van der Waals surface area contributed by atoms with Gasteiger partial charge in [0, 0.05) is 35.9 Å². The van der Waals surface area contributed by atoms with Crippen molar-refractivity contribution in [2.75, 3.05) is 5.32 Å². The molecule has 102 valence electrons. The normalized spacial score (nSPS) is 11.1. The molecule has 21 heavy (non-hydrogen) atoms. The third-order valence-corrected chi connectivity index (χ3v) is 3.63. The number of nitrogens with one attached hydrogen (secondary N) is 1. The zero-order valence-electron chi connectivity index (χ0n) is 10.9. The van der Waals surface area contributed by atoms with Crippen LogP contribution >= 0.6 is 15.9 Å². The van der Waals surface area contributed by atoms with Crippen molar-refractivity contribution in [3.8, 4) is 0 Å². The Morgan fingerprint density at radius 3 is 2.95 bits per heavy atom. The summed E-state index contributed by atoms with van der Waals surface area (Å²) in [6.07, 6.45) is 7.30. The minimum Gasteiger partial charge on any atom is -0.337 e. The molecule has 3 heterocycles. The Labute approximate surface area is 128 Å². The first-order valence-electron chi connectivity index (χ1n) is 6.41. The van der Waals surface area contributed by atoms with Crippen LogP contribution in [-0.2, 0) is 0 Å². The van der Waals surface area contributed by atoms with Gasteiger partial charge in [0.05, 0.1) is 5.52 Å². The second-order valence-corrected chi connectivity index (χ2v) is 5.38. The Kier molecular flexibility index (Phi) is 2.82. The van der Waals surface area contributed by atoms with Gasteiger partial charge in [-0.2, -0.15) is 0 Å². The maximum absolute atomic E-state index is 4.48. The van der Waals surface area contributed by atoms with Crippen LogP contribution in [0.15, 0.2) is 59.7 Å². The van der Waals surface area contributed by atoms with E-state index in [1.165, 1.54) is 0 Å². The Bertz CT molecular complexity index is 942. The van der Waals surface area contributed by atoms with Gasteiger partial charge in [0.25, 0.3) is 0 Å². The van der Waals surface area contributed by atoms with Gasteiger partial charge in [0.2, 0.25) is 0 Å². The minimum absolute atomic E-state index is 0.700. The summed E-state index contributed by atoms with van der Waals surface area (Å²) < 4.78 is 2.66. The van der Waals surface area contributed by atoms with E-state index in [0.29, 0.717) is 5.82 Å². The minimum atomic E-state index is 0.700. The molecule has 6 heteroatoms. The molecule has 4 aromatic rings. The number of pyridine rings is 1. The lowest BCUT2D eigenvalue weighted by Gasteiger charge is -2.10. The zero-order chi connectivity index (χ0) is 14.2. The van der Waals surface area contributed by atoms with E-state index in [9.17, 15) is 0 Å². The first-order chi connectivity index (χ1) is 10.3. The van der Waals surface area contributed by atoms with E-state index < -0.39 is 0 Å². The van der Waals surface area contributed by atoms with E-state index >= 15 is 0 Å². The lowest BCUT2D eigenvalue weighted by molar-refractivity contribution is 1.10. The molecule has 0 unspecified atom stereocenters. The van der Waals surface area contributed by atoms with Gasteiger partial charge in [-0.25, -0.2) is 9.97 Å². The average Bonchev–Trinajstić information content (AvgIpc) is 2.96. The Hall–Kier alpha value is -2.47. The van der Waals surface area contributed by atoms with Crippen LogP contribution in [0.3, 0.4) is 0 Å². The lowest BCUT2D eigenvalue weighted by Crippen LogP contribution is -1.99. The summed E-state index contributed by atoms with van der Waals surface area (Å²) in [6, 6.07) is 9.92. The van der Waals surface area contributed by atoms with Gasteiger partial charge in [0.15, 0.2) is 11.5 Å². The second-order valence-electron chi connectivity index (χ2n) is 4.57. The fourth-order valence-corrected chi connectivity index (χ4v) is 2.72. The van der Waals surface area contributed by atoms with Crippen molar-refractivity contribution in [3.63, 3.8) is 0 Å². The summed E-state index contributed by atoms with van der Waals surface area (Å²) in [5.41, 5.74) is 2.67. The van der Waals surface area contributed by atoms with Crippen LogP contribution in [0.2, 0.25) is 0 Å². The molecule has 0 atom stereocenters. The molecule has 0 radical (unpaired) electrons. The number of aromatic nitrogens is 4. The summed E-state index contributed by atoms with van der Waals surface area (Å²) in [5.74, 6) is 0.700. The van der Waals surface area contributed by atoms with Crippen molar-refractivity contribution in [2.24, 2.45) is 0 Å². The number of halogens is 1. The lowest BCUT2D eigenvalue weighted by atomic mass is 10.2. The molecule has 5 nitrogen and oxygen atoms in total. The molecule has 0 aliphatic rings. The summed E-state index contributed by atoms with van der Waals surface area (Å²) in [7, 11) is 0. The molecule has 0 bridgehead atoms. The van der Waals surface area contributed by atoms with E-state index in [1.807, 2.05) is 47.1 Å². The van der Waals surface area contributed by atoms with Gasteiger partial charge >= 0.3 is 0 Å². The SMILES string of the molecule is Brc1cn2ccnc2c(Nc2cccc3ncccc23)n1. The Balaban J connectivity index is 1.89. The second kappa shape index (κ2) is 4.82. The van der Waals surface area contributed by atoms with Crippen molar-refractivity contribution < 1.29 is 0 Å². The third-order valence-electron chi connectivity index (χ3n) is 3.24. The molecule has 0 aliphatic heterocycles. The molecule has 1 N–H and O–H groups in total. The van der Waals surface area contributed by atoms with Crippen LogP contribution < -0.4 is 5.32 Å². The first kappa shape index (κ1) is 12.3. The summed E-state index contributed by atoms with van der Waals surface area (Å²) in [5, 5.41) is 4.40. The van der Waals surface area contributed by atoms with Crippen LogP contribution in [0.1, 0.15) is 0 Å². The number of hydrogen-bond acceptors (Lipinski definition) is 4. The fourth-order valence-electron chi connectivity index (χ4n) is 2.32. The number of fused-ring (bicyclic) bond motifs is 2. The Morgan fingerprint density at radius 1 is 1.05 bits per heavy atom. The number of rotatable bonds is 2. The Morgan fingerprint density at radius 2 is 2.00 bits per heavy atom. The number of imidazole rings is 1. The standard InChI is InChI=1S/C15H10BrN5/c16-13-9-21-8-7-18-15(21)14(20-13)19-12-5-1-4-11-10(12)3-2-6-17-11/h1-9H,(H,19,20). The average molecular weight is 340 g/mol. The summed E-state index contributed by atoms with van der Waals surface area (Å²) >= 11 is 3.42. The quantitative estimate of drug-likeness (QED) is 0.603. The number of nitrogens with zero attached hydrogens (tertiary/aromatic N) is 4. The molecule has 1 aromatic carbocycles. The van der Waals surface area contributed by atoms with E-state index in [4.69, 9.17) is 0 Å². The van der Waals surface area contributed by atoms with Crippen molar-refractivity contribution in [2.45, 2.75) is 0 Å². The van der Waals surface area contributed by atoms with Gasteiger partial charge in [-0.3, -0.25) is 4.98 Å². The van der Waals surface area contributed by atoms with E-state index in [1.54, 1.807) is 12.4 Å². The van der Waals surface area contributed by atoms with E-state index in [0.717, 1.165) is 26.8 Å². The van der Waals surface area contributed by atoms with Crippen molar-refractivity contribution in [3.05, 3.63) is 59.7 Å². The molecule has 0 fully saturated rings. The predicted molar refractivity (Wildman–Crippen MR) is 85.7 cm³/mol. The van der Waals surface area contributed by atoms with Gasteiger partial charge < -0.3 is 9.72 Å².